The van der Waals surface area contributed by atoms with Gasteiger partial charge in [-0.05, 0) is 62.4 Å². The molecule has 1 N–H and O–H groups in total. The van der Waals surface area contributed by atoms with Crippen molar-refractivity contribution in [2.45, 2.75) is 58.0 Å². The Kier molecular flexibility index (Phi) is 3.63. The fourth-order valence-electron chi connectivity index (χ4n) is 3.24. The van der Waals surface area contributed by atoms with Crippen molar-refractivity contribution in [3.05, 3.63) is 8.92 Å². The van der Waals surface area contributed by atoms with Gasteiger partial charge in [-0.1, -0.05) is 11.3 Å². The lowest BCUT2D eigenvalue weighted by Gasteiger charge is -2.46. The largest absolute Gasteiger partial charge is 0.307 e. The van der Waals surface area contributed by atoms with Crippen LogP contribution >= 0.6 is 27.3 Å². The van der Waals surface area contributed by atoms with Crippen LogP contribution < -0.4 is 5.32 Å². The summed E-state index contributed by atoms with van der Waals surface area (Å²) in [4.78, 5) is 0. The van der Waals surface area contributed by atoms with Crippen molar-refractivity contribution in [3.8, 4) is 0 Å². The summed E-state index contributed by atoms with van der Waals surface area (Å²) < 4.78 is 0.889. The molecule has 0 aliphatic carbocycles. The number of hydrogen-bond acceptors (Lipinski definition) is 4. The van der Waals surface area contributed by atoms with E-state index in [0.29, 0.717) is 5.92 Å². The molecule has 0 saturated carbocycles. The molecule has 2 rings (SSSR count). The molecule has 0 amide bonds. The number of rotatable bonds is 2. The summed E-state index contributed by atoms with van der Waals surface area (Å²) in [5, 5.41) is 13.1. The van der Waals surface area contributed by atoms with E-state index in [2.05, 4.69) is 59.1 Å². The second-order valence-corrected chi connectivity index (χ2v) is 8.66. The summed E-state index contributed by atoms with van der Waals surface area (Å²) >= 11 is 5.03. The van der Waals surface area contributed by atoms with Crippen LogP contribution in [0, 0.1) is 5.92 Å². The van der Waals surface area contributed by atoms with Gasteiger partial charge >= 0.3 is 0 Å². The van der Waals surface area contributed by atoms with Crippen LogP contribution in [0.5, 0.6) is 0 Å². The molecule has 0 spiro atoms. The first-order valence-electron chi connectivity index (χ1n) is 6.03. The van der Waals surface area contributed by atoms with Crippen molar-refractivity contribution < 1.29 is 0 Å². The van der Waals surface area contributed by atoms with E-state index in [9.17, 15) is 0 Å². The molecular formula is C12H20BrN3S. The van der Waals surface area contributed by atoms with E-state index in [-0.39, 0.29) is 11.1 Å². The zero-order valence-electron chi connectivity index (χ0n) is 10.9. The molecule has 1 aliphatic heterocycles. The van der Waals surface area contributed by atoms with Crippen LogP contribution in [0.1, 0.15) is 45.5 Å². The molecule has 1 aromatic rings. The summed E-state index contributed by atoms with van der Waals surface area (Å²) in [6.45, 7) is 9.15. The zero-order chi connectivity index (χ0) is 12.7. The summed E-state index contributed by atoms with van der Waals surface area (Å²) in [6, 6.07) is 0. The fourth-order valence-corrected chi connectivity index (χ4v) is 4.56. The molecule has 0 aromatic carbocycles. The minimum Gasteiger partial charge on any atom is -0.307 e. The van der Waals surface area contributed by atoms with Crippen molar-refractivity contribution in [2.24, 2.45) is 5.92 Å². The maximum atomic E-state index is 4.21. The third-order valence-electron chi connectivity index (χ3n) is 3.18. The van der Waals surface area contributed by atoms with Crippen molar-refractivity contribution >= 4 is 27.3 Å². The Hall–Kier alpha value is -0.0000000000000000486. The van der Waals surface area contributed by atoms with Crippen LogP contribution in [0.3, 0.4) is 0 Å². The molecule has 0 atom stereocenters. The Morgan fingerprint density at radius 3 is 2.29 bits per heavy atom. The fraction of sp³-hybridized carbons (Fsp3) is 0.833. The molecule has 1 fully saturated rings. The Labute approximate surface area is 116 Å². The third-order valence-corrected chi connectivity index (χ3v) is 4.56. The van der Waals surface area contributed by atoms with Gasteiger partial charge < -0.3 is 5.32 Å². The summed E-state index contributed by atoms with van der Waals surface area (Å²) in [7, 11) is 0. The molecule has 3 nitrogen and oxygen atoms in total. The number of piperidine rings is 1. The summed E-state index contributed by atoms with van der Waals surface area (Å²) in [6.07, 6.45) is 3.46. The lowest BCUT2D eigenvalue weighted by atomic mass is 9.75. The van der Waals surface area contributed by atoms with E-state index < -0.39 is 0 Å². The molecule has 0 unspecified atom stereocenters. The van der Waals surface area contributed by atoms with Crippen molar-refractivity contribution in [3.63, 3.8) is 0 Å². The summed E-state index contributed by atoms with van der Waals surface area (Å²) in [5.41, 5.74) is 0.433. The van der Waals surface area contributed by atoms with Gasteiger partial charge in [-0.2, -0.15) is 0 Å². The van der Waals surface area contributed by atoms with Gasteiger partial charge in [0.05, 0.1) is 0 Å². The Morgan fingerprint density at radius 2 is 1.82 bits per heavy atom. The van der Waals surface area contributed by atoms with Crippen LogP contribution in [-0.4, -0.2) is 21.3 Å². The Balaban J connectivity index is 2.06. The molecule has 17 heavy (non-hydrogen) atoms. The van der Waals surface area contributed by atoms with E-state index in [1.54, 1.807) is 11.3 Å². The Bertz CT molecular complexity index is 384. The van der Waals surface area contributed by atoms with E-state index in [1.807, 2.05) is 0 Å². The SMILES string of the molecule is CC1(C)CC(Cc2nnc(Br)s2)CC(C)(C)N1. The molecule has 0 bridgehead atoms. The number of aromatic nitrogens is 2. The maximum absolute atomic E-state index is 4.21. The lowest BCUT2D eigenvalue weighted by molar-refractivity contribution is 0.128. The van der Waals surface area contributed by atoms with Crippen LogP contribution in [0.15, 0.2) is 3.92 Å². The number of halogens is 1. The Morgan fingerprint density at radius 1 is 1.24 bits per heavy atom. The number of nitrogens with zero attached hydrogens (tertiary/aromatic N) is 2. The maximum Gasteiger partial charge on any atom is 0.183 e. The van der Waals surface area contributed by atoms with Crippen LogP contribution in [0.2, 0.25) is 0 Å². The van der Waals surface area contributed by atoms with Gasteiger partial charge in [-0.3, -0.25) is 0 Å². The monoisotopic (exact) mass is 317 g/mol. The molecule has 1 aliphatic rings. The van der Waals surface area contributed by atoms with Gasteiger partial charge in [0.15, 0.2) is 3.92 Å². The highest BCUT2D eigenvalue weighted by Crippen LogP contribution is 2.35. The first-order chi connectivity index (χ1) is 7.76. The molecule has 1 aromatic heterocycles. The van der Waals surface area contributed by atoms with E-state index in [1.165, 1.54) is 12.8 Å². The number of nitrogens with one attached hydrogen (secondary N) is 1. The quantitative estimate of drug-likeness (QED) is 0.908. The van der Waals surface area contributed by atoms with Crippen LogP contribution in [-0.2, 0) is 6.42 Å². The lowest BCUT2D eigenvalue weighted by Crippen LogP contribution is -2.58. The minimum absolute atomic E-state index is 0.217. The highest BCUT2D eigenvalue weighted by Gasteiger charge is 2.37. The van der Waals surface area contributed by atoms with Gasteiger partial charge in [0.1, 0.15) is 5.01 Å². The van der Waals surface area contributed by atoms with E-state index >= 15 is 0 Å². The third kappa shape index (κ3) is 3.73. The highest BCUT2D eigenvalue weighted by atomic mass is 79.9. The first-order valence-corrected chi connectivity index (χ1v) is 7.64. The van der Waals surface area contributed by atoms with Gasteiger partial charge in [0, 0.05) is 17.5 Å². The normalized spacial score (nSPS) is 23.8. The van der Waals surface area contributed by atoms with E-state index in [0.717, 1.165) is 15.3 Å². The zero-order valence-corrected chi connectivity index (χ0v) is 13.3. The number of hydrogen-bond donors (Lipinski definition) is 1. The second-order valence-electron chi connectivity index (χ2n) is 6.32. The van der Waals surface area contributed by atoms with Crippen LogP contribution in [0.25, 0.3) is 0 Å². The van der Waals surface area contributed by atoms with E-state index in [4.69, 9.17) is 0 Å². The highest BCUT2D eigenvalue weighted by molar-refractivity contribution is 9.11. The molecule has 96 valence electrons. The second kappa shape index (κ2) is 4.59. The predicted molar refractivity (Wildman–Crippen MR) is 75.3 cm³/mol. The average Bonchev–Trinajstić information content (AvgIpc) is 2.44. The van der Waals surface area contributed by atoms with Crippen molar-refractivity contribution in [1.29, 1.82) is 0 Å². The smallest absolute Gasteiger partial charge is 0.183 e. The first kappa shape index (κ1) is 13.4. The van der Waals surface area contributed by atoms with Crippen molar-refractivity contribution in [2.75, 3.05) is 0 Å². The minimum atomic E-state index is 0.217. The van der Waals surface area contributed by atoms with Gasteiger partial charge in [-0.25, -0.2) is 0 Å². The molecule has 5 heteroatoms. The van der Waals surface area contributed by atoms with Gasteiger partial charge in [0.25, 0.3) is 0 Å². The topological polar surface area (TPSA) is 37.8 Å². The molecule has 0 radical (unpaired) electrons. The van der Waals surface area contributed by atoms with Gasteiger partial charge in [0.2, 0.25) is 0 Å². The molecule has 1 saturated heterocycles. The standard InChI is InChI=1S/C12H20BrN3S/c1-11(2)6-8(7-12(3,4)16-11)5-9-14-15-10(13)17-9/h8,16H,5-7H2,1-4H3. The van der Waals surface area contributed by atoms with Crippen molar-refractivity contribution in [1.82, 2.24) is 15.5 Å². The predicted octanol–water partition coefficient (Wildman–Crippen LogP) is 3.40. The van der Waals surface area contributed by atoms with Gasteiger partial charge in [-0.15, -0.1) is 10.2 Å². The molecule has 2 heterocycles. The average molecular weight is 318 g/mol. The van der Waals surface area contributed by atoms with Crippen LogP contribution in [0.4, 0.5) is 0 Å². The summed E-state index contributed by atoms with van der Waals surface area (Å²) in [5.74, 6) is 0.695. The molecular weight excluding hydrogens is 298 g/mol.